The molecule has 1 aromatic rings. The highest BCUT2D eigenvalue weighted by atomic mass is 127. The lowest BCUT2D eigenvalue weighted by molar-refractivity contribution is -0.128. The number of halogens is 1. The predicted molar refractivity (Wildman–Crippen MR) is 136 cm³/mol. The van der Waals surface area contributed by atoms with Gasteiger partial charge in [0.25, 0.3) is 0 Å². The fraction of sp³-hybridized carbons (Fsp3) is 0.636. The maximum Gasteiger partial charge on any atom is 0.227 e. The van der Waals surface area contributed by atoms with E-state index in [0.29, 0.717) is 12.6 Å². The number of amides is 1. The number of methoxy groups -OCH3 is 2. The highest BCUT2D eigenvalue weighted by Crippen LogP contribution is 2.24. The van der Waals surface area contributed by atoms with Crippen molar-refractivity contribution in [3.8, 4) is 11.5 Å². The molecule has 0 bridgehead atoms. The second-order valence-electron chi connectivity index (χ2n) is 8.24. The van der Waals surface area contributed by atoms with Crippen molar-refractivity contribution in [1.29, 1.82) is 0 Å². The Morgan fingerprint density at radius 1 is 1.23 bits per heavy atom. The molecule has 1 heterocycles. The molecule has 1 unspecified atom stereocenters. The fourth-order valence-electron chi connectivity index (χ4n) is 3.51. The number of nitrogens with zero attached hydrogens (tertiary/aromatic N) is 2. The first-order valence-electron chi connectivity index (χ1n) is 10.5. The molecule has 2 rings (SSSR count). The van der Waals surface area contributed by atoms with Gasteiger partial charge in [-0.2, -0.15) is 0 Å². The lowest BCUT2D eigenvalue weighted by Crippen LogP contribution is -2.45. The van der Waals surface area contributed by atoms with Crippen LogP contribution in [0.2, 0.25) is 0 Å². The monoisotopic (exact) mass is 547 g/mol. The molecule has 9 heteroatoms. The van der Waals surface area contributed by atoms with Gasteiger partial charge in [-0.25, -0.2) is 0 Å². The molecule has 176 valence electrons. The zero-order valence-corrected chi connectivity index (χ0v) is 21.9. The normalized spacial score (nSPS) is 17.0. The van der Waals surface area contributed by atoms with Crippen LogP contribution in [0.25, 0.3) is 0 Å². The molecule has 0 aliphatic carbocycles. The minimum absolute atomic E-state index is 0. The average Bonchev–Trinajstić information content (AvgIpc) is 3.17. The molecule has 1 aliphatic rings. The molecular weight excluding hydrogens is 509 g/mol. The number of carbonyl (C=O) groups is 1. The van der Waals surface area contributed by atoms with Crippen molar-refractivity contribution in [2.45, 2.75) is 39.8 Å². The summed E-state index contributed by atoms with van der Waals surface area (Å²) in [4.78, 5) is 19.1. The molecule has 0 radical (unpaired) electrons. The number of ether oxygens (including phenoxy) is 2. The molecule has 1 amide bonds. The Hall–Kier alpha value is -1.75. The van der Waals surface area contributed by atoms with Crippen LogP contribution in [0.5, 0.6) is 11.5 Å². The van der Waals surface area contributed by atoms with Crippen molar-refractivity contribution in [3.05, 3.63) is 23.8 Å². The van der Waals surface area contributed by atoms with Crippen LogP contribution in [-0.2, 0) is 11.3 Å². The molecule has 31 heavy (non-hydrogen) atoms. The maximum absolute atomic E-state index is 12.0. The average molecular weight is 547 g/mol. The van der Waals surface area contributed by atoms with E-state index in [9.17, 15) is 4.79 Å². The molecule has 1 aromatic carbocycles. The van der Waals surface area contributed by atoms with Gasteiger partial charge in [-0.1, -0.05) is 0 Å². The van der Waals surface area contributed by atoms with Gasteiger partial charge < -0.3 is 25.4 Å². The van der Waals surface area contributed by atoms with E-state index < -0.39 is 5.41 Å². The minimum atomic E-state index is -0.551. The van der Waals surface area contributed by atoms with E-state index in [2.05, 4.69) is 38.0 Å². The van der Waals surface area contributed by atoms with Crippen molar-refractivity contribution < 1.29 is 14.3 Å². The topological polar surface area (TPSA) is 87.2 Å². The molecule has 1 aliphatic heterocycles. The Morgan fingerprint density at radius 2 is 1.87 bits per heavy atom. The SMILES string of the molecule is CCNC(=NCC(C)(C)C(=O)NC)NC1CCN(Cc2cc(OC)cc(OC)c2)C1.I. The number of nitrogens with one attached hydrogen (secondary N) is 3. The summed E-state index contributed by atoms with van der Waals surface area (Å²) in [6.07, 6.45) is 1.03. The number of guanidine groups is 1. The van der Waals surface area contributed by atoms with Crippen molar-refractivity contribution >= 4 is 35.8 Å². The van der Waals surface area contributed by atoms with E-state index in [1.54, 1.807) is 21.3 Å². The number of aliphatic imine (C=N–C) groups is 1. The Kier molecular flexibility index (Phi) is 11.4. The zero-order valence-electron chi connectivity index (χ0n) is 19.6. The van der Waals surface area contributed by atoms with Gasteiger partial charge in [0.1, 0.15) is 11.5 Å². The Morgan fingerprint density at radius 3 is 2.42 bits per heavy atom. The van der Waals surface area contributed by atoms with Crippen molar-refractivity contribution in [2.24, 2.45) is 10.4 Å². The van der Waals surface area contributed by atoms with E-state index in [0.717, 1.165) is 50.1 Å². The summed E-state index contributed by atoms with van der Waals surface area (Å²) in [5.74, 6) is 2.35. The number of rotatable bonds is 9. The number of hydrogen-bond acceptors (Lipinski definition) is 5. The Labute approximate surface area is 203 Å². The van der Waals surface area contributed by atoms with Crippen LogP contribution in [0.4, 0.5) is 0 Å². The van der Waals surface area contributed by atoms with Gasteiger partial charge in [-0.3, -0.25) is 14.7 Å². The van der Waals surface area contributed by atoms with Crippen LogP contribution >= 0.6 is 24.0 Å². The number of likely N-dealkylation sites (tertiary alicyclic amines) is 1. The van der Waals surface area contributed by atoms with Gasteiger partial charge in [0, 0.05) is 45.3 Å². The molecule has 0 spiro atoms. The molecular formula is C22H38IN5O3. The second-order valence-corrected chi connectivity index (χ2v) is 8.24. The first-order chi connectivity index (χ1) is 14.3. The third-order valence-electron chi connectivity index (χ3n) is 5.25. The molecule has 1 saturated heterocycles. The van der Waals surface area contributed by atoms with Crippen LogP contribution in [-0.4, -0.2) is 70.3 Å². The van der Waals surface area contributed by atoms with Crippen LogP contribution in [0, 0.1) is 5.41 Å². The third-order valence-corrected chi connectivity index (χ3v) is 5.25. The van der Waals surface area contributed by atoms with E-state index in [1.807, 2.05) is 26.8 Å². The van der Waals surface area contributed by atoms with Gasteiger partial charge in [-0.05, 0) is 44.9 Å². The molecule has 3 N–H and O–H groups in total. The van der Waals surface area contributed by atoms with E-state index in [1.165, 1.54) is 5.56 Å². The third kappa shape index (κ3) is 8.36. The second kappa shape index (κ2) is 12.9. The van der Waals surface area contributed by atoms with E-state index >= 15 is 0 Å². The molecule has 1 fully saturated rings. The van der Waals surface area contributed by atoms with Gasteiger partial charge in [0.2, 0.25) is 5.91 Å². The zero-order chi connectivity index (χ0) is 22.1. The van der Waals surface area contributed by atoms with Crippen molar-refractivity contribution in [2.75, 3.05) is 47.4 Å². The Balaban J connectivity index is 0.00000480. The molecule has 8 nitrogen and oxygen atoms in total. The maximum atomic E-state index is 12.0. The summed E-state index contributed by atoms with van der Waals surface area (Å²) in [7, 11) is 4.99. The lowest BCUT2D eigenvalue weighted by atomic mass is 9.93. The largest absolute Gasteiger partial charge is 0.497 e. The summed E-state index contributed by atoms with van der Waals surface area (Å²) in [5.41, 5.74) is 0.615. The van der Waals surface area contributed by atoms with Gasteiger partial charge >= 0.3 is 0 Å². The van der Waals surface area contributed by atoms with Crippen LogP contribution < -0.4 is 25.4 Å². The molecule has 1 atom stereocenters. The predicted octanol–water partition coefficient (Wildman–Crippen LogP) is 2.22. The highest BCUT2D eigenvalue weighted by Gasteiger charge is 2.27. The summed E-state index contributed by atoms with van der Waals surface area (Å²) in [6, 6.07) is 6.29. The summed E-state index contributed by atoms with van der Waals surface area (Å²) in [5, 5.41) is 9.52. The number of hydrogen-bond donors (Lipinski definition) is 3. The number of carbonyl (C=O) groups excluding carboxylic acids is 1. The minimum Gasteiger partial charge on any atom is -0.497 e. The highest BCUT2D eigenvalue weighted by molar-refractivity contribution is 14.0. The van der Waals surface area contributed by atoms with Gasteiger partial charge in [0.15, 0.2) is 5.96 Å². The fourth-order valence-corrected chi connectivity index (χ4v) is 3.51. The molecule has 0 aromatic heterocycles. The summed E-state index contributed by atoms with van der Waals surface area (Å²) >= 11 is 0. The first-order valence-corrected chi connectivity index (χ1v) is 10.5. The summed E-state index contributed by atoms with van der Waals surface area (Å²) in [6.45, 7) is 9.79. The lowest BCUT2D eigenvalue weighted by Gasteiger charge is -2.22. The van der Waals surface area contributed by atoms with Crippen molar-refractivity contribution in [1.82, 2.24) is 20.9 Å². The Bertz CT molecular complexity index is 720. The van der Waals surface area contributed by atoms with Crippen LogP contribution in [0.15, 0.2) is 23.2 Å². The van der Waals surface area contributed by atoms with Gasteiger partial charge in [0.05, 0.1) is 26.2 Å². The first kappa shape index (κ1) is 27.3. The number of benzene rings is 1. The smallest absolute Gasteiger partial charge is 0.227 e. The van der Waals surface area contributed by atoms with E-state index in [-0.39, 0.29) is 29.9 Å². The van der Waals surface area contributed by atoms with Crippen LogP contribution in [0.3, 0.4) is 0 Å². The van der Waals surface area contributed by atoms with E-state index in [4.69, 9.17) is 9.47 Å². The standard InChI is InChI=1S/C22H37N5O3.HI/c1-7-24-21(25-15-22(2,3)20(28)23-4)26-17-8-9-27(14-17)13-16-10-18(29-5)12-19(11-16)30-6;/h10-12,17H,7-9,13-15H2,1-6H3,(H,23,28)(H2,24,25,26);1H. The summed E-state index contributed by atoms with van der Waals surface area (Å²) < 4.78 is 10.8. The van der Waals surface area contributed by atoms with Gasteiger partial charge in [-0.15, -0.1) is 24.0 Å². The molecule has 0 saturated carbocycles. The van der Waals surface area contributed by atoms with Crippen molar-refractivity contribution in [3.63, 3.8) is 0 Å². The van der Waals surface area contributed by atoms with Crippen LogP contribution in [0.1, 0.15) is 32.8 Å². The quantitative estimate of drug-likeness (QED) is 0.250.